The van der Waals surface area contributed by atoms with Crippen molar-refractivity contribution >= 4 is 11.9 Å². The van der Waals surface area contributed by atoms with Crippen molar-refractivity contribution in [2.45, 2.75) is 19.6 Å². The highest BCUT2D eigenvalue weighted by Crippen LogP contribution is 1.92. The minimum atomic E-state index is -0.381. The predicted octanol–water partition coefficient (Wildman–Crippen LogP) is -1.01. The van der Waals surface area contributed by atoms with E-state index in [0.717, 1.165) is 0 Å². The monoisotopic (exact) mass is 172 g/mol. The molecule has 1 amide bonds. The molecule has 12 heavy (non-hydrogen) atoms. The molecule has 0 radical (unpaired) electrons. The normalized spacial score (nSPS) is 24.1. The number of nitrogens with one attached hydrogen (secondary N) is 2. The number of ether oxygens (including phenoxy) is 1. The van der Waals surface area contributed by atoms with E-state index in [2.05, 4.69) is 10.6 Å². The van der Waals surface area contributed by atoms with Crippen molar-refractivity contribution in [2.75, 3.05) is 13.1 Å². The minimum absolute atomic E-state index is 0.0165. The van der Waals surface area contributed by atoms with Gasteiger partial charge in [-0.1, -0.05) is 0 Å². The van der Waals surface area contributed by atoms with Crippen molar-refractivity contribution in [3.63, 3.8) is 0 Å². The molecule has 0 saturated carbocycles. The summed E-state index contributed by atoms with van der Waals surface area (Å²) in [6.07, 6.45) is 0.0477. The van der Waals surface area contributed by atoms with Gasteiger partial charge >= 0.3 is 5.97 Å². The van der Waals surface area contributed by atoms with Crippen LogP contribution in [0.2, 0.25) is 0 Å². The van der Waals surface area contributed by atoms with Crippen LogP contribution in [0.5, 0.6) is 0 Å². The molecule has 1 aliphatic rings. The van der Waals surface area contributed by atoms with Crippen molar-refractivity contribution in [1.82, 2.24) is 10.6 Å². The van der Waals surface area contributed by atoms with E-state index in [1.807, 2.05) is 0 Å². The highest BCUT2D eigenvalue weighted by molar-refractivity contribution is 5.76. The maximum absolute atomic E-state index is 10.8. The fraction of sp³-hybridized carbons (Fsp3) is 0.714. The van der Waals surface area contributed by atoms with Crippen LogP contribution in [0.25, 0.3) is 0 Å². The molecule has 1 atom stereocenters. The Kier molecular flexibility index (Phi) is 3.04. The number of amides is 1. The zero-order chi connectivity index (χ0) is 8.97. The summed E-state index contributed by atoms with van der Waals surface area (Å²) in [5.74, 6) is -0.360. The summed E-state index contributed by atoms with van der Waals surface area (Å²) in [7, 11) is 0. The smallest absolute Gasteiger partial charge is 0.304 e. The van der Waals surface area contributed by atoms with Crippen molar-refractivity contribution in [1.29, 1.82) is 0 Å². The van der Waals surface area contributed by atoms with E-state index >= 15 is 0 Å². The molecule has 1 aliphatic heterocycles. The number of rotatable bonds is 1. The standard InChI is InChI=1S/C7H12N2O3/c1-5(10)12-7-4-9-6(11)2-3-8-7/h7-8H,2-4H2,1H3,(H,9,11). The van der Waals surface area contributed by atoms with E-state index in [-0.39, 0.29) is 18.1 Å². The lowest BCUT2D eigenvalue weighted by atomic mass is 10.4. The molecule has 1 saturated heterocycles. The molecule has 1 rings (SSSR count). The zero-order valence-corrected chi connectivity index (χ0v) is 6.92. The first-order chi connectivity index (χ1) is 5.68. The molecule has 1 heterocycles. The van der Waals surface area contributed by atoms with Crippen LogP contribution in [0.3, 0.4) is 0 Å². The van der Waals surface area contributed by atoms with Crippen LogP contribution in [0, 0.1) is 0 Å². The Labute approximate surface area is 70.5 Å². The third kappa shape index (κ3) is 2.87. The second-order valence-electron chi connectivity index (χ2n) is 2.61. The molecule has 5 nitrogen and oxygen atoms in total. The van der Waals surface area contributed by atoms with E-state index in [9.17, 15) is 9.59 Å². The van der Waals surface area contributed by atoms with Crippen molar-refractivity contribution < 1.29 is 14.3 Å². The fourth-order valence-corrected chi connectivity index (χ4v) is 0.997. The SMILES string of the molecule is CC(=O)OC1CNC(=O)CCN1. The molecule has 68 valence electrons. The Balaban J connectivity index is 2.35. The summed E-state index contributed by atoms with van der Waals surface area (Å²) in [6, 6.07) is 0. The van der Waals surface area contributed by atoms with Crippen LogP contribution in [-0.2, 0) is 14.3 Å². The number of hydrogen-bond donors (Lipinski definition) is 2. The third-order valence-electron chi connectivity index (χ3n) is 1.52. The van der Waals surface area contributed by atoms with Gasteiger partial charge in [0.1, 0.15) is 0 Å². The van der Waals surface area contributed by atoms with Gasteiger partial charge in [-0.2, -0.15) is 0 Å². The van der Waals surface area contributed by atoms with Crippen molar-refractivity contribution in [3.05, 3.63) is 0 Å². The molecule has 1 unspecified atom stereocenters. The van der Waals surface area contributed by atoms with Crippen LogP contribution >= 0.6 is 0 Å². The first-order valence-electron chi connectivity index (χ1n) is 3.86. The summed E-state index contributed by atoms with van der Waals surface area (Å²) < 4.78 is 4.85. The summed E-state index contributed by atoms with van der Waals surface area (Å²) >= 11 is 0. The number of esters is 1. The van der Waals surface area contributed by atoms with E-state index in [4.69, 9.17) is 4.74 Å². The van der Waals surface area contributed by atoms with E-state index in [1.165, 1.54) is 6.92 Å². The van der Waals surface area contributed by atoms with Crippen molar-refractivity contribution in [2.24, 2.45) is 0 Å². The summed E-state index contributed by atoms with van der Waals surface area (Å²) in [4.78, 5) is 21.4. The Bertz CT molecular complexity index is 193. The van der Waals surface area contributed by atoms with Gasteiger partial charge in [0.25, 0.3) is 0 Å². The molecule has 0 aromatic rings. The lowest BCUT2D eigenvalue weighted by Gasteiger charge is -2.14. The Morgan fingerprint density at radius 3 is 3.08 bits per heavy atom. The predicted molar refractivity (Wildman–Crippen MR) is 41.2 cm³/mol. The van der Waals surface area contributed by atoms with Gasteiger partial charge < -0.3 is 10.1 Å². The lowest BCUT2D eigenvalue weighted by Crippen LogP contribution is -2.39. The third-order valence-corrected chi connectivity index (χ3v) is 1.52. The Morgan fingerprint density at radius 2 is 2.42 bits per heavy atom. The summed E-state index contributed by atoms with van der Waals surface area (Å²) in [5, 5.41) is 5.54. The van der Waals surface area contributed by atoms with Gasteiger partial charge in [-0.3, -0.25) is 14.9 Å². The van der Waals surface area contributed by atoms with Gasteiger partial charge in [0, 0.05) is 19.9 Å². The maximum atomic E-state index is 10.8. The van der Waals surface area contributed by atoms with Gasteiger partial charge in [-0.15, -0.1) is 0 Å². The zero-order valence-electron chi connectivity index (χ0n) is 6.92. The largest absolute Gasteiger partial charge is 0.445 e. The highest BCUT2D eigenvalue weighted by Gasteiger charge is 2.16. The number of carbonyl (C=O) groups is 2. The minimum Gasteiger partial charge on any atom is -0.445 e. The van der Waals surface area contributed by atoms with Crippen LogP contribution in [0.1, 0.15) is 13.3 Å². The Hall–Kier alpha value is -1.10. The van der Waals surface area contributed by atoms with Crippen LogP contribution in [-0.4, -0.2) is 31.2 Å². The quantitative estimate of drug-likeness (QED) is 0.497. The van der Waals surface area contributed by atoms with E-state index in [0.29, 0.717) is 19.5 Å². The molecule has 1 fully saturated rings. The van der Waals surface area contributed by atoms with Gasteiger partial charge in [0.05, 0.1) is 6.54 Å². The van der Waals surface area contributed by atoms with Crippen LogP contribution in [0.4, 0.5) is 0 Å². The molecular formula is C7H12N2O3. The van der Waals surface area contributed by atoms with Gasteiger partial charge in [-0.05, 0) is 0 Å². The second kappa shape index (κ2) is 4.06. The van der Waals surface area contributed by atoms with E-state index in [1.54, 1.807) is 0 Å². The molecular weight excluding hydrogens is 160 g/mol. The highest BCUT2D eigenvalue weighted by atomic mass is 16.6. The number of hydrogen-bond acceptors (Lipinski definition) is 4. The van der Waals surface area contributed by atoms with E-state index < -0.39 is 0 Å². The van der Waals surface area contributed by atoms with Crippen molar-refractivity contribution in [3.8, 4) is 0 Å². The van der Waals surface area contributed by atoms with Gasteiger partial charge in [0.2, 0.25) is 5.91 Å². The van der Waals surface area contributed by atoms with Gasteiger partial charge in [0.15, 0.2) is 6.23 Å². The Morgan fingerprint density at radius 1 is 1.67 bits per heavy atom. The van der Waals surface area contributed by atoms with Crippen LogP contribution < -0.4 is 10.6 Å². The summed E-state index contributed by atoms with van der Waals surface area (Å²) in [6.45, 7) is 2.23. The molecule has 0 spiro atoms. The van der Waals surface area contributed by atoms with Gasteiger partial charge in [-0.25, -0.2) is 0 Å². The molecule has 2 N–H and O–H groups in total. The molecule has 0 aromatic carbocycles. The van der Waals surface area contributed by atoms with Crippen LogP contribution in [0.15, 0.2) is 0 Å². The molecule has 0 aromatic heterocycles. The second-order valence-corrected chi connectivity index (χ2v) is 2.61. The molecule has 0 aliphatic carbocycles. The molecule has 5 heteroatoms. The summed E-state index contributed by atoms with van der Waals surface area (Å²) in [5.41, 5.74) is 0. The lowest BCUT2D eigenvalue weighted by molar-refractivity contribution is -0.147. The fourth-order valence-electron chi connectivity index (χ4n) is 0.997. The topological polar surface area (TPSA) is 67.4 Å². The maximum Gasteiger partial charge on any atom is 0.304 e. The molecule has 0 bridgehead atoms. The first kappa shape index (κ1) is 8.99. The first-order valence-corrected chi connectivity index (χ1v) is 3.86. The average molecular weight is 172 g/mol. The average Bonchev–Trinajstić information content (AvgIpc) is 2.15. The number of carbonyl (C=O) groups excluding carboxylic acids is 2.